The fourth-order valence-electron chi connectivity index (χ4n) is 4.83. The molecule has 2 aliphatic heterocycles. The Labute approximate surface area is 184 Å². The third-order valence-electron chi connectivity index (χ3n) is 6.42. The van der Waals surface area contributed by atoms with Crippen LogP contribution in [0.2, 0.25) is 0 Å². The summed E-state index contributed by atoms with van der Waals surface area (Å²) in [5.41, 5.74) is 5.56. The molecule has 6 heteroatoms. The maximum atomic E-state index is 6.57. The summed E-state index contributed by atoms with van der Waals surface area (Å²) in [6, 6.07) is 6.30. The van der Waals surface area contributed by atoms with Gasteiger partial charge in [-0.25, -0.2) is 14.1 Å². The van der Waals surface area contributed by atoms with Crippen LogP contribution in [0.4, 0.5) is 0 Å². The number of nitrogens with zero attached hydrogens (tertiary/aromatic N) is 3. The Hall–Kier alpha value is -2.89. The maximum Gasteiger partial charge on any atom is 0.425 e. The van der Waals surface area contributed by atoms with E-state index in [0.29, 0.717) is 5.88 Å². The number of rotatable bonds is 0. The molecule has 0 saturated heterocycles. The van der Waals surface area contributed by atoms with Gasteiger partial charge in [0.2, 0.25) is 5.88 Å². The van der Waals surface area contributed by atoms with Crippen molar-refractivity contribution < 1.29 is 18.6 Å². The number of hydrogen-bond donors (Lipinski definition) is 0. The van der Waals surface area contributed by atoms with E-state index in [4.69, 9.17) is 9.47 Å². The van der Waals surface area contributed by atoms with Gasteiger partial charge in [0, 0.05) is 29.5 Å². The zero-order chi connectivity index (χ0) is 22.3. The topological polar surface area (TPSA) is 39.1 Å². The van der Waals surface area contributed by atoms with Crippen LogP contribution in [0.25, 0.3) is 0 Å². The van der Waals surface area contributed by atoms with Crippen LogP contribution in [-0.4, -0.2) is 11.7 Å². The number of fused-ring (bicyclic) bond motifs is 4. The van der Waals surface area contributed by atoms with Gasteiger partial charge in [0.1, 0.15) is 19.8 Å². The van der Waals surface area contributed by atoms with E-state index in [-0.39, 0.29) is 17.5 Å². The Morgan fingerprint density at radius 1 is 0.774 bits per heavy atom. The van der Waals surface area contributed by atoms with Gasteiger partial charge in [0.05, 0.1) is 5.46 Å². The molecule has 0 amide bonds. The fraction of sp³-hybridized carbons (Fsp3) is 0.400. The van der Waals surface area contributed by atoms with Gasteiger partial charge >= 0.3 is 6.71 Å². The van der Waals surface area contributed by atoms with Gasteiger partial charge in [-0.15, -0.1) is 0 Å². The second-order valence-corrected chi connectivity index (χ2v) is 10.8. The first-order chi connectivity index (χ1) is 14.5. The molecule has 3 aromatic heterocycles. The van der Waals surface area contributed by atoms with E-state index >= 15 is 0 Å². The monoisotopic (exact) mass is 415 g/mol. The van der Waals surface area contributed by atoms with E-state index in [1.165, 1.54) is 11.1 Å². The van der Waals surface area contributed by atoms with Crippen LogP contribution in [0.5, 0.6) is 23.1 Å². The summed E-state index contributed by atoms with van der Waals surface area (Å²) in [5, 5.41) is 0. The zero-order valence-corrected chi connectivity index (χ0v) is 19.7. The van der Waals surface area contributed by atoms with Gasteiger partial charge in [-0.2, -0.15) is 0 Å². The Morgan fingerprint density at radius 2 is 1.29 bits per heavy atom. The molecular weight excluding hydrogens is 385 g/mol. The molecule has 0 fully saturated rings. The Bertz CT molecular complexity index is 1150. The molecule has 0 saturated carbocycles. The van der Waals surface area contributed by atoms with Crippen molar-refractivity contribution in [2.45, 2.75) is 52.4 Å². The summed E-state index contributed by atoms with van der Waals surface area (Å²) in [7, 11) is 4.19. The minimum absolute atomic E-state index is 0.0224. The van der Waals surface area contributed by atoms with E-state index in [0.717, 1.165) is 33.9 Å². The molecule has 0 atom stereocenters. The van der Waals surface area contributed by atoms with Crippen LogP contribution >= 0.6 is 0 Å². The fourth-order valence-corrected chi connectivity index (χ4v) is 4.83. The quantitative estimate of drug-likeness (QED) is 0.287. The van der Waals surface area contributed by atoms with Gasteiger partial charge in [-0.1, -0.05) is 41.5 Å². The molecule has 2 aliphatic rings. The molecule has 0 bridgehead atoms. The van der Waals surface area contributed by atoms with E-state index in [9.17, 15) is 0 Å². The molecule has 5 rings (SSSR count). The van der Waals surface area contributed by atoms with E-state index in [2.05, 4.69) is 94.3 Å². The van der Waals surface area contributed by atoms with Crippen LogP contribution in [0.1, 0.15) is 52.7 Å². The SMILES string of the molecule is C[n+]1ccc(C(C)(C)C)c2c1B1c3c(ccnc3Oc3c(C(C)(C)C)cc[n+](C)c31)O2. The van der Waals surface area contributed by atoms with Gasteiger partial charge in [0.15, 0.2) is 35.1 Å². The van der Waals surface area contributed by atoms with Gasteiger partial charge in [-0.3, -0.25) is 0 Å². The average molecular weight is 415 g/mol. The molecule has 5 nitrogen and oxygen atoms in total. The molecule has 0 N–H and O–H groups in total. The van der Waals surface area contributed by atoms with Crippen molar-refractivity contribution >= 4 is 23.4 Å². The van der Waals surface area contributed by atoms with E-state index in [1.54, 1.807) is 6.20 Å². The van der Waals surface area contributed by atoms with Crippen LogP contribution in [-0.2, 0) is 24.9 Å². The van der Waals surface area contributed by atoms with Crippen molar-refractivity contribution in [1.82, 2.24) is 4.98 Å². The van der Waals surface area contributed by atoms with Crippen molar-refractivity contribution in [1.29, 1.82) is 0 Å². The first kappa shape index (κ1) is 20.0. The second-order valence-electron chi connectivity index (χ2n) is 10.8. The molecule has 3 aromatic rings. The molecule has 5 heterocycles. The second kappa shape index (κ2) is 6.31. The van der Waals surface area contributed by atoms with Crippen molar-refractivity contribution in [3.8, 4) is 23.1 Å². The minimum atomic E-state index is -0.0586. The smallest absolute Gasteiger partial charge is 0.425 e. The van der Waals surface area contributed by atoms with Crippen LogP contribution in [0.3, 0.4) is 0 Å². The average Bonchev–Trinajstić information content (AvgIpc) is 2.66. The molecular formula is C25H30BN3O2+2. The maximum absolute atomic E-state index is 6.57. The third kappa shape index (κ3) is 2.88. The lowest BCUT2D eigenvalue weighted by Gasteiger charge is -2.32. The molecule has 0 radical (unpaired) electrons. The van der Waals surface area contributed by atoms with Crippen molar-refractivity contribution in [2.75, 3.05) is 0 Å². The Balaban J connectivity index is 1.90. The number of pyridine rings is 3. The Kier molecular flexibility index (Phi) is 4.08. The number of aryl methyl sites for hydroxylation is 2. The van der Waals surface area contributed by atoms with Crippen LogP contribution in [0, 0.1) is 0 Å². The van der Waals surface area contributed by atoms with E-state index < -0.39 is 0 Å². The molecule has 31 heavy (non-hydrogen) atoms. The summed E-state index contributed by atoms with van der Waals surface area (Å²) in [6.45, 7) is 13.3. The normalized spacial score (nSPS) is 14.3. The zero-order valence-electron chi connectivity index (χ0n) is 19.7. The third-order valence-corrected chi connectivity index (χ3v) is 6.42. The van der Waals surface area contributed by atoms with Crippen LogP contribution < -0.4 is 35.3 Å². The van der Waals surface area contributed by atoms with Crippen LogP contribution in [0.15, 0.2) is 36.8 Å². The lowest BCUT2D eigenvalue weighted by atomic mass is 9.37. The highest BCUT2D eigenvalue weighted by molar-refractivity contribution is 6.96. The van der Waals surface area contributed by atoms with Crippen molar-refractivity contribution in [3.63, 3.8) is 0 Å². The summed E-state index contributed by atoms with van der Waals surface area (Å²) >= 11 is 0. The van der Waals surface area contributed by atoms with Gasteiger partial charge in [-0.05, 0) is 16.9 Å². The summed E-state index contributed by atoms with van der Waals surface area (Å²) in [5.74, 6) is 3.32. The molecule has 0 aromatic carbocycles. The Morgan fingerprint density at radius 3 is 1.81 bits per heavy atom. The lowest BCUT2D eigenvalue weighted by Crippen LogP contribution is -2.73. The van der Waals surface area contributed by atoms with Crippen molar-refractivity contribution in [3.05, 3.63) is 47.9 Å². The first-order valence-corrected chi connectivity index (χ1v) is 10.9. The molecule has 0 spiro atoms. The summed E-state index contributed by atoms with van der Waals surface area (Å²) < 4.78 is 17.4. The molecule has 158 valence electrons. The summed E-state index contributed by atoms with van der Waals surface area (Å²) in [6.07, 6.45) is 6.07. The highest BCUT2D eigenvalue weighted by Crippen LogP contribution is 2.39. The molecule has 0 aliphatic carbocycles. The van der Waals surface area contributed by atoms with Crippen molar-refractivity contribution in [2.24, 2.45) is 14.1 Å². The minimum Gasteiger partial charge on any atom is -0.452 e. The van der Waals surface area contributed by atoms with E-state index in [1.807, 2.05) is 6.07 Å². The highest BCUT2D eigenvalue weighted by atomic mass is 16.5. The largest absolute Gasteiger partial charge is 0.452 e. The summed E-state index contributed by atoms with van der Waals surface area (Å²) in [4.78, 5) is 4.62. The first-order valence-electron chi connectivity index (χ1n) is 10.9. The van der Waals surface area contributed by atoms with Gasteiger partial charge in [0.25, 0.3) is 0 Å². The predicted molar refractivity (Wildman–Crippen MR) is 122 cm³/mol. The number of ether oxygens (including phenoxy) is 2. The number of hydrogen-bond acceptors (Lipinski definition) is 3. The standard InChI is InChI=1S/C25H30BN3O2/c1-24(2,3)15-10-13-28(7)21-19(15)30-17-9-12-27-23-18(17)26(21)22-20(31-23)16(25(4,5)6)11-14-29(22)8/h9-14H,1-8H3/q+2. The highest BCUT2D eigenvalue weighted by Gasteiger charge is 2.54. The lowest BCUT2D eigenvalue weighted by molar-refractivity contribution is -0.659. The number of aromatic nitrogens is 3. The van der Waals surface area contributed by atoms with Gasteiger partial charge < -0.3 is 9.47 Å². The molecule has 0 unspecified atom stereocenters. The predicted octanol–water partition coefficient (Wildman–Crippen LogP) is 2.05.